The number of benzene rings is 1. The van der Waals surface area contributed by atoms with Crippen molar-refractivity contribution in [3.63, 3.8) is 0 Å². The third-order valence-corrected chi connectivity index (χ3v) is 2.94. The Bertz CT molecular complexity index is 559. The molecule has 0 aliphatic heterocycles. The molecule has 18 heavy (non-hydrogen) atoms. The fourth-order valence-electron chi connectivity index (χ4n) is 1.80. The van der Waals surface area contributed by atoms with E-state index in [9.17, 15) is 4.79 Å². The summed E-state index contributed by atoms with van der Waals surface area (Å²) in [6.45, 7) is 1.95. The Morgan fingerprint density at radius 2 is 1.67 bits per heavy atom. The Morgan fingerprint density at radius 1 is 1.06 bits per heavy atom. The van der Waals surface area contributed by atoms with Gasteiger partial charge < -0.3 is 4.90 Å². The van der Waals surface area contributed by atoms with Crippen LogP contribution in [-0.4, -0.2) is 20.0 Å². The molecule has 0 bridgehead atoms. The van der Waals surface area contributed by atoms with Crippen molar-refractivity contribution in [1.29, 1.82) is 0 Å². The molecule has 2 rings (SSSR count). The van der Waals surface area contributed by atoms with Crippen LogP contribution in [0.2, 0.25) is 0 Å². The number of rotatable bonds is 2. The zero-order chi connectivity index (χ0) is 13.1. The van der Waals surface area contributed by atoms with Crippen LogP contribution in [0, 0.1) is 6.92 Å². The molecule has 0 N–H and O–H groups in total. The smallest absolute Gasteiger partial charge is 0.377 e. The van der Waals surface area contributed by atoms with Crippen molar-refractivity contribution in [2.24, 2.45) is 0 Å². The number of pyridine rings is 1. The summed E-state index contributed by atoms with van der Waals surface area (Å²) in [4.78, 5) is 14.3. The van der Waals surface area contributed by atoms with Crippen molar-refractivity contribution in [1.82, 2.24) is 0 Å². The third kappa shape index (κ3) is 2.40. The SMILES string of the molecule is Cc1ccccc1C(=O)[n+]1ccc(N(C)C)cc1. The number of hydrogen-bond donors (Lipinski definition) is 0. The Kier molecular flexibility index (Phi) is 3.42. The molecule has 0 atom stereocenters. The molecule has 0 fully saturated rings. The molecule has 0 saturated carbocycles. The van der Waals surface area contributed by atoms with Crippen LogP contribution in [0.5, 0.6) is 0 Å². The molecule has 1 aromatic carbocycles. The lowest BCUT2D eigenvalue weighted by Gasteiger charge is -2.10. The normalized spacial score (nSPS) is 10.2. The van der Waals surface area contributed by atoms with Crippen LogP contribution >= 0.6 is 0 Å². The monoisotopic (exact) mass is 241 g/mol. The van der Waals surface area contributed by atoms with Gasteiger partial charge in [-0.15, -0.1) is 4.57 Å². The van der Waals surface area contributed by atoms with Gasteiger partial charge in [-0.1, -0.05) is 18.2 Å². The van der Waals surface area contributed by atoms with Gasteiger partial charge in [-0.3, -0.25) is 0 Å². The second kappa shape index (κ2) is 5.00. The fourth-order valence-corrected chi connectivity index (χ4v) is 1.80. The molecule has 92 valence electrons. The van der Waals surface area contributed by atoms with E-state index < -0.39 is 0 Å². The highest BCUT2D eigenvalue weighted by atomic mass is 16.2. The van der Waals surface area contributed by atoms with Crippen molar-refractivity contribution in [3.8, 4) is 0 Å². The van der Waals surface area contributed by atoms with E-state index in [4.69, 9.17) is 0 Å². The van der Waals surface area contributed by atoms with E-state index in [1.54, 1.807) is 17.0 Å². The Morgan fingerprint density at radius 3 is 2.22 bits per heavy atom. The van der Waals surface area contributed by atoms with E-state index in [1.165, 1.54) is 0 Å². The number of aryl methyl sites for hydroxylation is 1. The minimum atomic E-state index is -0.00148. The number of carbonyl (C=O) groups excluding carboxylic acids is 1. The molecule has 0 aliphatic carbocycles. The second-order valence-electron chi connectivity index (χ2n) is 4.48. The van der Waals surface area contributed by atoms with Crippen LogP contribution in [0.25, 0.3) is 0 Å². The van der Waals surface area contributed by atoms with Gasteiger partial charge in [0.1, 0.15) is 0 Å². The molecule has 0 saturated heterocycles. The van der Waals surface area contributed by atoms with Gasteiger partial charge in [0.25, 0.3) is 0 Å². The van der Waals surface area contributed by atoms with Gasteiger partial charge in [-0.05, 0) is 18.6 Å². The highest BCUT2D eigenvalue weighted by Gasteiger charge is 2.18. The minimum Gasteiger partial charge on any atom is -0.377 e. The molecule has 1 heterocycles. The lowest BCUT2D eigenvalue weighted by molar-refractivity contribution is -0.570. The van der Waals surface area contributed by atoms with Crippen LogP contribution in [0.3, 0.4) is 0 Å². The highest BCUT2D eigenvalue weighted by molar-refractivity contribution is 5.88. The molecule has 3 nitrogen and oxygen atoms in total. The summed E-state index contributed by atoms with van der Waals surface area (Å²) in [6, 6.07) is 11.5. The first kappa shape index (κ1) is 12.3. The summed E-state index contributed by atoms with van der Waals surface area (Å²) in [5, 5.41) is 0. The number of anilines is 1. The molecule has 0 aliphatic rings. The Hall–Kier alpha value is -2.16. The first-order valence-electron chi connectivity index (χ1n) is 5.88. The molecule has 1 aromatic heterocycles. The largest absolute Gasteiger partial charge is 0.424 e. The third-order valence-electron chi connectivity index (χ3n) is 2.94. The average Bonchev–Trinajstić information content (AvgIpc) is 2.38. The molecule has 3 heteroatoms. The van der Waals surface area contributed by atoms with E-state index >= 15 is 0 Å². The van der Waals surface area contributed by atoms with Gasteiger partial charge in [-0.25, -0.2) is 4.79 Å². The van der Waals surface area contributed by atoms with Crippen LogP contribution in [-0.2, 0) is 0 Å². The van der Waals surface area contributed by atoms with Crippen LogP contribution < -0.4 is 9.47 Å². The molecule has 2 aromatic rings. The standard InChI is InChI=1S/C15H17N2O/c1-12-6-4-5-7-14(12)15(18)17-10-8-13(9-11-17)16(2)3/h4-11H,1-3H3/q+1. The number of hydrogen-bond acceptors (Lipinski definition) is 2. The summed E-state index contributed by atoms with van der Waals surface area (Å²) >= 11 is 0. The zero-order valence-electron chi connectivity index (χ0n) is 10.9. The summed E-state index contributed by atoms with van der Waals surface area (Å²) in [5.41, 5.74) is 2.80. The summed E-state index contributed by atoms with van der Waals surface area (Å²) in [5.74, 6) is -0.00148. The predicted octanol–water partition coefficient (Wildman–Crippen LogP) is 2.04. The van der Waals surface area contributed by atoms with E-state index in [0.29, 0.717) is 0 Å². The van der Waals surface area contributed by atoms with Crippen molar-refractivity contribution in [3.05, 3.63) is 59.9 Å². The zero-order valence-corrected chi connectivity index (χ0v) is 10.9. The number of nitrogens with zero attached hydrogens (tertiary/aromatic N) is 2. The fraction of sp³-hybridized carbons (Fsp3) is 0.200. The van der Waals surface area contributed by atoms with E-state index in [1.807, 2.05) is 62.3 Å². The van der Waals surface area contributed by atoms with Gasteiger partial charge in [0.2, 0.25) is 0 Å². The summed E-state index contributed by atoms with van der Waals surface area (Å²) in [6.07, 6.45) is 3.59. The van der Waals surface area contributed by atoms with Crippen LogP contribution in [0.1, 0.15) is 15.9 Å². The maximum Gasteiger partial charge on any atom is 0.424 e. The van der Waals surface area contributed by atoms with Crippen LogP contribution in [0.15, 0.2) is 48.8 Å². The van der Waals surface area contributed by atoms with E-state index in [-0.39, 0.29) is 5.91 Å². The average molecular weight is 241 g/mol. The topological polar surface area (TPSA) is 24.2 Å². The van der Waals surface area contributed by atoms with Crippen molar-refractivity contribution < 1.29 is 9.36 Å². The molecular formula is C15H17N2O+. The second-order valence-corrected chi connectivity index (χ2v) is 4.48. The number of aromatic nitrogens is 1. The molecular weight excluding hydrogens is 224 g/mol. The van der Waals surface area contributed by atoms with Gasteiger partial charge in [0.15, 0.2) is 12.4 Å². The molecule has 0 spiro atoms. The highest BCUT2D eigenvalue weighted by Crippen LogP contribution is 2.09. The van der Waals surface area contributed by atoms with E-state index in [2.05, 4.69) is 0 Å². The van der Waals surface area contributed by atoms with Crippen molar-refractivity contribution in [2.45, 2.75) is 6.92 Å². The van der Waals surface area contributed by atoms with E-state index in [0.717, 1.165) is 16.8 Å². The quantitative estimate of drug-likeness (QED) is 0.751. The summed E-state index contributed by atoms with van der Waals surface area (Å²) in [7, 11) is 3.95. The predicted molar refractivity (Wildman–Crippen MR) is 71.9 cm³/mol. The molecule has 0 amide bonds. The van der Waals surface area contributed by atoms with Crippen molar-refractivity contribution in [2.75, 3.05) is 19.0 Å². The first-order valence-corrected chi connectivity index (χ1v) is 5.88. The van der Waals surface area contributed by atoms with Gasteiger partial charge in [-0.2, -0.15) is 0 Å². The van der Waals surface area contributed by atoms with Gasteiger partial charge >= 0.3 is 5.91 Å². The molecule has 0 radical (unpaired) electrons. The van der Waals surface area contributed by atoms with Gasteiger partial charge in [0.05, 0.1) is 5.56 Å². The number of carbonyl (C=O) groups is 1. The lowest BCUT2D eigenvalue weighted by atomic mass is 10.1. The lowest BCUT2D eigenvalue weighted by Crippen LogP contribution is -2.42. The maximum atomic E-state index is 12.3. The van der Waals surface area contributed by atoms with Gasteiger partial charge in [0, 0.05) is 31.9 Å². The maximum absolute atomic E-state index is 12.3. The summed E-state index contributed by atoms with van der Waals surface area (Å²) < 4.78 is 1.61. The van der Waals surface area contributed by atoms with Crippen LogP contribution in [0.4, 0.5) is 5.69 Å². The Labute approximate surface area is 107 Å². The first-order chi connectivity index (χ1) is 8.59. The molecule has 0 unspecified atom stereocenters. The van der Waals surface area contributed by atoms with Crippen molar-refractivity contribution >= 4 is 11.6 Å². The minimum absolute atomic E-state index is 0.00148. The Balaban J connectivity index is 2.32.